The lowest BCUT2D eigenvalue weighted by molar-refractivity contribution is -0.742. The van der Waals surface area contributed by atoms with Gasteiger partial charge in [0.2, 0.25) is 0 Å². The molecule has 0 saturated carbocycles. The number of imidazole rings is 1. The Morgan fingerprint density at radius 1 is 1.03 bits per heavy atom. The summed E-state index contributed by atoms with van der Waals surface area (Å²) >= 11 is 15.7. The maximum atomic E-state index is 8.36. The molecule has 198 valence electrons. The zero-order valence-corrected chi connectivity index (χ0v) is 26.2. The highest BCUT2D eigenvalue weighted by molar-refractivity contribution is 9.10. The van der Waals surface area contributed by atoms with Gasteiger partial charge in [0.05, 0.1) is 17.0 Å². The molecule has 3 aromatic heterocycles. The van der Waals surface area contributed by atoms with Gasteiger partial charge in [0.1, 0.15) is 11.4 Å². The predicted molar refractivity (Wildman–Crippen MR) is 161 cm³/mol. The molecule has 0 aromatic carbocycles. The highest BCUT2D eigenvalue weighted by Gasteiger charge is 2.20. The number of thioether (sulfide) groups is 2. The van der Waals surface area contributed by atoms with Crippen molar-refractivity contribution in [3.63, 3.8) is 0 Å². The molecule has 9 nitrogen and oxygen atoms in total. The minimum Gasteiger partial charge on any atom is -0.353 e. The standard InChI is InChI=1S/C12H13BrN2S2.C11H12BrN3S.HNO3/c1-3-17-10-4-8(13)6-14-12(10)9-5-11(16)15-7(9)2;1-3-16-9-4-8(12)5-13-11(9)10-7(2)14-6-15-10;2-1(3)4/h4,6H,3,5H2,1-2H3,(H,15,16);4-6H,3H2,1-2H3,(H,14,15);(H,2,3,4). The summed E-state index contributed by atoms with van der Waals surface area (Å²) in [6.07, 6.45) is 6.15. The lowest BCUT2D eigenvalue weighted by Crippen LogP contribution is -2.10. The Morgan fingerprint density at radius 3 is 1.97 bits per heavy atom. The van der Waals surface area contributed by atoms with E-state index in [1.807, 2.05) is 31.1 Å². The number of thiocarbonyl (C=S) groups is 1. The molecule has 0 aliphatic carbocycles. The van der Waals surface area contributed by atoms with Crippen LogP contribution in [-0.4, -0.2) is 46.7 Å². The third-order valence-corrected chi connectivity index (χ3v) is 7.63. The predicted octanol–water partition coefficient (Wildman–Crippen LogP) is 7.31. The molecule has 4 heterocycles. The maximum Gasteiger partial charge on any atom is 0.291 e. The third kappa shape index (κ3) is 9.67. The monoisotopic (exact) mass is 688 g/mol. The zero-order chi connectivity index (χ0) is 27.5. The van der Waals surface area contributed by atoms with Crippen molar-refractivity contribution in [2.45, 2.75) is 43.9 Å². The van der Waals surface area contributed by atoms with Gasteiger partial charge >= 0.3 is 0 Å². The van der Waals surface area contributed by atoms with E-state index in [0.29, 0.717) is 0 Å². The summed E-state index contributed by atoms with van der Waals surface area (Å²) in [7, 11) is 0. The van der Waals surface area contributed by atoms with Crippen LogP contribution < -0.4 is 5.32 Å². The normalized spacial score (nSPS) is 12.3. The molecule has 3 N–H and O–H groups in total. The number of aryl methyl sites for hydroxylation is 1. The quantitative estimate of drug-likeness (QED) is 0.105. The van der Waals surface area contributed by atoms with Crippen molar-refractivity contribution in [2.75, 3.05) is 11.5 Å². The molecule has 0 fully saturated rings. The van der Waals surface area contributed by atoms with E-state index in [0.717, 1.165) is 65.2 Å². The Labute approximate surface area is 246 Å². The number of halogens is 2. The van der Waals surface area contributed by atoms with Crippen molar-refractivity contribution in [2.24, 2.45) is 0 Å². The number of hydrogen-bond acceptors (Lipinski definition) is 8. The number of aromatic amines is 1. The summed E-state index contributed by atoms with van der Waals surface area (Å²) < 4.78 is 2.02. The molecule has 0 saturated heterocycles. The van der Waals surface area contributed by atoms with Crippen molar-refractivity contribution < 1.29 is 10.3 Å². The second-order valence-electron chi connectivity index (χ2n) is 7.31. The fraction of sp³-hybridized carbons (Fsp3) is 0.304. The maximum absolute atomic E-state index is 8.36. The van der Waals surface area contributed by atoms with Crippen LogP contribution in [0.5, 0.6) is 0 Å². The van der Waals surface area contributed by atoms with Gasteiger partial charge in [-0.3, -0.25) is 9.97 Å². The summed E-state index contributed by atoms with van der Waals surface area (Å²) in [5, 5.41) is 16.8. The lowest BCUT2D eigenvalue weighted by Gasteiger charge is -2.09. The molecule has 37 heavy (non-hydrogen) atoms. The summed E-state index contributed by atoms with van der Waals surface area (Å²) in [4.78, 5) is 28.0. The molecule has 0 bridgehead atoms. The SMILES string of the molecule is CCSc1cc(Br)cnc1-c1nc[nH]c1C.CCSc1cc(Br)cnc1C1=C(C)NC(=S)C1.O=[N+]([O-])O. The van der Waals surface area contributed by atoms with E-state index >= 15 is 0 Å². The molecule has 0 amide bonds. The Balaban J connectivity index is 0.000000228. The summed E-state index contributed by atoms with van der Waals surface area (Å²) in [6, 6.07) is 4.21. The van der Waals surface area contributed by atoms with E-state index in [9.17, 15) is 0 Å². The van der Waals surface area contributed by atoms with Crippen LogP contribution in [0.25, 0.3) is 17.0 Å². The van der Waals surface area contributed by atoms with E-state index in [-0.39, 0.29) is 0 Å². The van der Waals surface area contributed by atoms with Gasteiger partial charge in [0, 0.05) is 54.5 Å². The Hall–Kier alpha value is -2.00. The number of H-pyrrole nitrogens is 1. The van der Waals surface area contributed by atoms with Gasteiger partial charge in [-0.2, -0.15) is 0 Å². The first kappa shape index (κ1) is 31.2. The molecule has 4 rings (SSSR count). The summed E-state index contributed by atoms with van der Waals surface area (Å²) in [6.45, 7) is 8.34. The average Bonchev–Trinajstić information content (AvgIpc) is 3.39. The van der Waals surface area contributed by atoms with Crippen LogP contribution in [-0.2, 0) is 0 Å². The molecule has 1 aliphatic rings. The van der Waals surface area contributed by atoms with Crippen molar-refractivity contribution in [1.29, 1.82) is 0 Å². The van der Waals surface area contributed by atoms with Crippen LogP contribution in [0.1, 0.15) is 38.6 Å². The van der Waals surface area contributed by atoms with Crippen LogP contribution in [0.3, 0.4) is 0 Å². The number of hydrogen-bond donors (Lipinski definition) is 3. The molecule has 14 heteroatoms. The van der Waals surface area contributed by atoms with E-state index < -0.39 is 5.09 Å². The second kappa shape index (κ2) is 15.4. The molecular formula is C23H26Br2N6O3S3. The zero-order valence-electron chi connectivity index (χ0n) is 20.5. The highest BCUT2D eigenvalue weighted by atomic mass is 79.9. The van der Waals surface area contributed by atoms with E-state index in [4.69, 9.17) is 27.5 Å². The molecule has 0 radical (unpaired) electrons. The van der Waals surface area contributed by atoms with Crippen molar-refractivity contribution in [3.05, 3.63) is 67.0 Å². The first-order chi connectivity index (χ1) is 17.6. The Morgan fingerprint density at radius 2 is 1.54 bits per heavy atom. The van der Waals surface area contributed by atoms with Crippen LogP contribution in [0, 0.1) is 17.0 Å². The van der Waals surface area contributed by atoms with Gasteiger partial charge in [0.25, 0.3) is 5.09 Å². The topological polar surface area (TPSA) is 130 Å². The van der Waals surface area contributed by atoms with Gasteiger partial charge in [-0.05, 0) is 69.3 Å². The molecule has 0 atom stereocenters. The Kier molecular flexibility index (Phi) is 13.0. The molecular weight excluding hydrogens is 664 g/mol. The number of pyridine rings is 2. The minimum atomic E-state index is -1.50. The first-order valence-corrected chi connectivity index (χ1v) is 14.9. The molecule has 0 unspecified atom stereocenters. The van der Waals surface area contributed by atoms with Gasteiger partial charge in [-0.15, -0.1) is 33.6 Å². The number of aromatic nitrogens is 4. The van der Waals surface area contributed by atoms with Gasteiger partial charge < -0.3 is 15.5 Å². The van der Waals surface area contributed by atoms with Gasteiger partial charge in [-0.25, -0.2) is 4.98 Å². The number of nitrogens with one attached hydrogen (secondary N) is 2. The van der Waals surface area contributed by atoms with Crippen LogP contribution >= 0.6 is 67.6 Å². The average molecular weight is 691 g/mol. The minimum absolute atomic E-state index is 0.799. The first-order valence-electron chi connectivity index (χ1n) is 11.0. The van der Waals surface area contributed by atoms with Crippen LogP contribution in [0.2, 0.25) is 0 Å². The van der Waals surface area contributed by atoms with Crippen molar-refractivity contribution in [3.8, 4) is 11.4 Å². The Bertz CT molecular complexity index is 1280. The number of allylic oxidation sites excluding steroid dienone is 1. The highest BCUT2D eigenvalue weighted by Crippen LogP contribution is 2.34. The number of nitrogens with zero attached hydrogens (tertiary/aromatic N) is 4. The van der Waals surface area contributed by atoms with Crippen LogP contribution in [0.15, 0.2) is 55.3 Å². The third-order valence-electron chi connectivity index (χ3n) is 4.70. The molecule has 3 aromatic rings. The van der Waals surface area contributed by atoms with Crippen molar-refractivity contribution in [1.82, 2.24) is 25.3 Å². The molecule has 1 aliphatic heterocycles. The fourth-order valence-corrected chi connectivity index (χ4v) is 6.16. The lowest BCUT2D eigenvalue weighted by atomic mass is 10.1. The van der Waals surface area contributed by atoms with E-state index in [1.165, 1.54) is 10.5 Å². The van der Waals surface area contributed by atoms with Gasteiger partial charge in [0.15, 0.2) is 0 Å². The fourth-order valence-electron chi connectivity index (χ4n) is 3.26. The van der Waals surface area contributed by atoms with E-state index in [1.54, 1.807) is 18.1 Å². The van der Waals surface area contributed by atoms with Crippen LogP contribution in [0.4, 0.5) is 0 Å². The summed E-state index contributed by atoms with van der Waals surface area (Å²) in [5.74, 6) is 2.06. The van der Waals surface area contributed by atoms with Gasteiger partial charge in [-0.1, -0.05) is 26.1 Å². The summed E-state index contributed by atoms with van der Waals surface area (Å²) in [5.41, 5.74) is 6.34. The largest absolute Gasteiger partial charge is 0.353 e. The second-order valence-corrected chi connectivity index (χ2v) is 12.2. The molecule has 0 spiro atoms. The number of rotatable bonds is 6. The smallest absolute Gasteiger partial charge is 0.291 e. The van der Waals surface area contributed by atoms with Crippen molar-refractivity contribution >= 4 is 78.2 Å². The van der Waals surface area contributed by atoms with E-state index in [2.05, 4.69) is 90.0 Å².